The number of nitrogens with zero attached hydrogens (tertiary/aromatic N) is 1. The first-order valence-corrected chi connectivity index (χ1v) is 6.47. The number of aromatic nitrogens is 1. The molecule has 2 aromatic rings. The van der Waals surface area contributed by atoms with Gasteiger partial charge in [0, 0.05) is 29.2 Å². The third-order valence-corrected chi connectivity index (χ3v) is 3.42. The van der Waals surface area contributed by atoms with Gasteiger partial charge in [0.1, 0.15) is 0 Å². The molecule has 3 heteroatoms. The van der Waals surface area contributed by atoms with E-state index in [2.05, 4.69) is 29.7 Å². The Morgan fingerprint density at radius 3 is 2.72 bits per heavy atom. The fourth-order valence-corrected chi connectivity index (χ4v) is 2.25. The summed E-state index contributed by atoms with van der Waals surface area (Å²) in [6.07, 6.45) is 2.60. The van der Waals surface area contributed by atoms with Crippen molar-refractivity contribution in [1.29, 1.82) is 0 Å². The van der Waals surface area contributed by atoms with Crippen LogP contribution in [0.5, 0.6) is 0 Å². The molecule has 18 heavy (non-hydrogen) atoms. The zero-order valence-corrected chi connectivity index (χ0v) is 11.2. The number of benzene rings is 1. The quantitative estimate of drug-likeness (QED) is 0.841. The predicted octanol–water partition coefficient (Wildman–Crippen LogP) is 2.89. The van der Waals surface area contributed by atoms with Gasteiger partial charge in [-0.2, -0.15) is 0 Å². The Kier molecular flexibility index (Phi) is 3.53. The van der Waals surface area contributed by atoms with Gasteiger partial charge in [-0.25, -0.2) is 0 Å². The Labute approximate surface area is 108 Å². The summed E-state index contributed by atoms with van der Waals surface area (Å²) in [4.78, 5) is 12.3. The Balaban J connectivity index is 2.63. The van der Waals surface area contributed by atoms with Crippen molar-refractivity contribution in [3.8, 4) is 0 Å². The van der Waals surface area contributed by atoms with Crippen molar-refractivity contribution >= 4 is 16.7 Å². The summed E-state index contributed by atoms with van der Waals surface area (Å²) in [5.41, 5.74) is 8.89. The molecule has 0 aliphatic heterocycles. The van der Waals surface area contributed by atoms with E-state index in [9.17, 15) is 4.79 Å². The average molecular weight is 244 g/mol. The second kappa shape index (κ2) is 4.94. The lowest BCUT2D eigenvalue weighted by Crippen LogP contribution is -2.29. The van der Waals surface area contributed by atoms with E-state index in [0.717, 1.165) is 28.6 Å². The van der Waals surface area contributed by atoms with Crippen molar-refractivity contribution < 1.29 is 4.79 Å². The van der Waals surface area contributed by atoms with Crippen LogP contribution in [0.1, 0.15) is 36.2 Å². The number of ketones is 1. The lowest BCUT2D eigenvalue weighted by molar-refractivity contribution is 0.0961. The van der Waals surface area contributed by atoms with E-state index in [-0.39, 0.29) is 5.78 Å². The van der Waals surface area contributed by atoms with Crippen LogP contribution in [-0.2, 0) is 6.54 Å². The summed E-state index contributed by atoms with van der Waals surface area (Å²) in [5.74, 6) is 0.0419. The van der Waals surface area contributed by atoms with Crippen LogP contribution in [0.2, 0.25) is 0 Å². The van der Waals surface area contributed by atoms with Gasteiger partial charge >= 0.3 is 0 Å². The van der Waals surface area contributed by atoms with Crippen LogP contribution in [-0.4, -0.2) is 16.4 Å². The van der Waals surface area contributed by atoms with Crippen LogP contribution in [0, 0.1) is 6.92 Å². The molecule has 0 saturated heterocycles. The van der Waals surface area contributed by atoms with Crippen molar-refractivity contribution in [2.24, 2.45) is 5.73 Å². The molecular formula is C15H20N2O. The molecule has 0 amide bonds. The number of hydrogen-bond acceptors (Lipinski definition) is 2. The van der Waals surface area contributed by atoms with E-state index in [4.69, 9.17) is 5.73 Å². The zero-order chi connectivity index (χ0) is 13.3. The van der Waals surface area contributed by atoms with Gasteiger partial charge in [-0.3, -0.25) is 4.79 Å². The van der Waals surface area contributed by atoms with Gasteiger partial charge in [0.25, 0.3) is 0 Å². The highest BCUT2D eigenvalue weighted by atomic mass is 16.1. The first kappa shape index (κ1) is 12.8. The average Bonchev–Trinajstić information content (AvgIpc) is 2.74. The molecule has 0 aliphatic rings. The maximum Gasteiger partial charge on any atom is 0.181 e. The largest absolute Gasteiger partial charge is 0.347 e. The number of Topliss-reactive ketones (excluding diaryl/α,β-unsaturated/α-hetero) is 1. The van der Waals surface area contributed by atoms with Crippen molar-refractivity contribution in [2.45, 2.75) is 39.8 Å². The van der Waals surface area contributed by atoms with Gasteiger partial charge in [0.2, 0.25) is 0 Å². The van der Waals surface area contributed by atoms with E-state index < -0.39 is 6.04 Å². The minimum atomic E-state index is -0.401. The molecule has 2 rings (SSSR count). The third-order valence-electron chi connectivity index (χ3n) is 3.42. The molecule has 2 N–H and O–H groups in total. The van der Waals surface area contributed by atoms with Crippen molar-refractivity contribution in [1.82, 2.24) is 4.57 Å². The van der Waals surface area contributed by atoms with Gasteiger partial charge in [0.15, 0.2) is 5.78 Å². The number of aryl methyl sites for hydroxylation is 2. The van der Waals surface area contributed by atoms with Crippen molar-refractivity contribution in [2.75, 3.05) is 0 Å². The van der Waals surface area contributed by atoms with E-state index >= 15 is 0 Å². The van der Waals surface area contributed by atoms with Crippen LogP contribution >= 0.6 is 0 Å². The molecule has 0 aliphatic carbocycles. The zero-order valence-electron chi connectivity index (χ0n) is 11.2. The van der Waals surface area contributed by atoms with Crippen molar-refractivity contribution in [3.05, 3.63) is 35.5 Å². The van der Waals surface area contributed by atoms with E-state index in [1.807, 2.05) is 20.0 Å². The van der Waals surface area contributed by atoms with Crippen LogP contribution in [0.4, 0.5) is 0 Å². The number of nitrogens with two attached hydrogens (primary N) is 1. The number of fused-ring (bicyclic) bond motifs is 1. The molecule has 1 unspecified atom stereocenters. The number of carbonyl (C=O) groups is 1. The standard InChI is InChI=1S/C15H20N2O/c1-4-13(16)15(18)12-9-17(5-2)14-7-6-10(3)8-11(12)14/h6-9,13H,4-5,16H2,1-3H3. The summed E-state index contributed by atoms with van der Waals surface area (Å²) in [7, 11) is 0. The Morgan fingerprint density at radius 1 is 1.39 bits per heavy atom. The minimum absolute atomic E-state index is 0.0419. The fraction of sp³-hybridized carbons (Fsp3) is 0.400. The third kappa shape index (κ3) is 2.06. The molecule has 0 spiro atoms. The first-order chi connectivity index (χ1) is 8.58. The second-order valence-electron chi connectivity index (χ2n) is 4.73. The van der Waals surface area contributed by atoms with Gasteiger partial charge in [-0.05, 0) is 32.4 Å². The maximum atomic E-state index is 12.3. The highest BCUT2D eigenvalue weighted by Crippen LogP contribution is 2.24. The van der Waals surface area contributed by atoms with Gasteiger partial charge in [-0.1, -0.05) is 18.6 Å². The second-order valence-corrected chi connectivity index (χ2v) is 4.73. The highest BCUT2D eigenvalue weighted by Gasteiger charge is 2.19. The van der Waals surface area contributed by atoms with E-state index in [0.29, 0.717) is 6.42 Å². The molecule has 1 heterocycles. The summed E-state index contributed by atoms with van der Waals surface area (Å²) in [6.45, 7) is 6.91. The lowest BCUT2D eigenvalue weighted by Gasteiger charge is -2.06. The molecule has 96 valence electrons. The molecule has 0 bridgehead atoms. The number of carbonyl (C=O) groups excluding carboxylic acids is 1. The molecule has 3 nitrogen and oxygen atoms in total. The summed E-state index contributed by atoms with van der Waals surface area (Å²) in [5, 5.41) is 1.02. The summed E-state index contributed by atoms with van der Waals surface area (Å²) in [6, 6.07) is 5.81. The van der Waals surface area contributed by atoms with Crippen LogP contribution in [0.3, 0.4) is 0 Å². The lowest BCUT2D eigenvalue weighted by atomic mass is 10.0. The predicted molar refractivity (Wildman–Crippen MR) is 74.9 cm³/mol. The summed E-state index contributed by atoms with van der Waals surface area (Å²) >= 11 is 0. The van der Waals surface area contributed by atoms with Gasteiger partial charge < -0.3 is 10.3 Å². The Morgan fingerprint density at radius 2 is 2.11 bits per heavy atom. The summed E-state index contributed by atoms with van der Waals surface area (Å²) < 4.78 is 2.10. The molecule has 1 atom stereocenters. The van der Waals surface area contributed by atoms with Gasteiger partial charge in [0.05, 0.1) is 6.04 Å². The normalized spacial score (nSPS) is 12.9. The SMILES string of the molecule is CCC(N)C(=O)c1cn(CC)c2ccc(C)cc12. The molecule has 0 fully saturated rings. The van der Waals surface area contributed by atoms with E-state index in [1.165, 1.54) is 0 Å². The van der Waals surface area contributed by atoms with E-state index in [1.54, 1.807) is 0 Å². The molecule has 1 aromatic heterocycles. The van der Waals surface area contributed by atoms with Crippen LogP contribution < -0.4 is 5.73 Å². The van der Waals surface area contributed by atoms with Crippen LogP contribution in [0.25, 0.3) is 10.9 Å². The molecular weight excluding hydrogens is 224 g/mol. The highest BCUT2D eigenvalue weighted by molar-refractivity contribution is 6.10. The number of rotatable bonds is 4. The monoisotopic (exact) mass is 244 g/mol. The van der Waals surface area contributed by atoms with Crippen LogP contribution in [0.15, 0.2) is 24.4 Å². The first-order valence-electron chi connectivity index (χ1n) is 6.47. The molecule has 0 saturated carbocycles. The molecule has 0 radical (unpaired) electrons. The minimum Gasteiger partial charge on any atom is -0.347 e. The Bertz CT molecular complexity index is 583. The molecule has 1 aromatic carbocycles. The maximum absolute atomic E-state index is 12.3. The Hall–Kier alpha value is -1.61. The fourth-order valence-electron chi connectivity index (χ4n) is 2.25. The van der Waals surface area contributed by atoms with Gasteiger partial charge in [-0.15, -0.1) is 0 Å². The number of hydrogen-bond donors (Lipinski definition) is 1. The smallest absolute Gasteiger partial charge is 0.181 e. The van der Waals surface area contributed by atoms with Crippen molar-refractivity contribution in [3.63, 3.8) is 0 Å². The topological polar surface area (TPSA) is 48.0 Å².